The number of carbonyl (C=O) groups is 1. The molecule has 0 aromatic heterocycles. The molecule has 6 nitrogen and oxygen atoms in total. The maximum atomic E-state index is 13.3. The first-order valence-corrected chi connectivity index (χ1v) is 9.03. The number of methoxy groups -OCH3 is 1. The van der Waals surface area contributed by atoms with Crippen molar-refractivity contribution >= 4 is 28.4 Å². The number of anilines is 1. The number of ether oxygens (including phenoxy) is 1. The van der Waals surface area contributed by atoms with E-state index < -0.39 is 4.92 Å². The molecule has 3 aromatic rings. The lowest BCUT2D eigenvalue weighted by molar-refractivity contribution is -0.385. The van der Waals surface area contributed by atoms with Gasteiger partial charge >= 0.3 is 0 Å². The summed E-state index contributed by atoms with van der Waals surface area (Å²) in [5.41, 5.74) is 3.37. The van der Waals surface area contributed by atoms with Crippen LogP contribution in [0.2, 0.25) is 0 Å². The van der Waals surface area contributed by atoms with Crippen LogP contribution < -0.4 is 9.64 Å². The summed E-state index contributed by atoms with van der Waals surface area (Å²) in [5.74, 6) is 0.338. The van der Waals surface area contributed by atoms with E-state index in [4.69, 9.17) is 4.74 Å². The van der Waals surface area contributed by atoms with Crippen LogP contribution >= 0.6 is 0 Å². The zero-order chi connectivity index (χ0) is 20.5. The highest BCUT2D eigenvalue weighted by Crippen LogP contribution is 2.47. The lowest BCUT2D eigenvalue weighted by atomic mass is 9.89. The maximum Gasteiger partial charge on any atom is 0.277 e. The average molecular weight is 386 g/mol. The molecular weight excluding hydrogens is 368 g/mol. The quantitative estimate of drug-likeness (QED) is 0.375. The number of hydrogen-bond acceptors (Lipinski definition) is 4. The fourth-order valence-corrected chi connectivity index (χ4v) is 3.74. The molecule has 1 amide bonds. The predicted octanol–water partition coefficient (Wildman–Crippen LogP) is 4.54. The Morgan fingerprint density at radius 2 is 1.66 bits per heavy atom. The van der Waals surface area contributed by atoms with Crippen molar-refractivity contribution in [2.75, 3.05) is 19.1 Å². The minimum absolute atomic E-state index is 0.0503. The van der Waals surface area contributed by atoms with Gasteiger partial charge in [-0.3, -0.25) is 14.9 Å². The third-order valence-electron chi connectivity index (χ3n) is 5.02. The Morgan fingerprint density at radius 1 is 0.966 bits per heavy atom. The Bertz CT molecular complexity index is 1150. The Balaban J connectivity index is 2.13. The first-order valence-electron chi connectivity index (χ1n) is 9.03. The molecule has 0 atom stereocenters. The van der Waals surface area contributed by atoms with E-state index in [1.165, 1.54) is 11.0 Å². The Kier molecular flexibility index (Phi) is 4.60. The van der Waals surface area contributed by atoms with Crippen molar-refractivity contribution in [1.29, 1.82) is 0 Å². The lowest BCUT2D eigenvalue weighted by Crippen LogP contribution is -2.21. The summed E-state index contributed by atoms with van der Waals surface area (Å²) in [6.45, 7) is 0. The largest absolute Gasteiger partial charge is 0.495 e. The van der Waals surface area contributed by atoms with Crippen molar-refractivity contribution in [3.63, 3.8) is 0 Å². The van der Waals surface area contributed by atoms with E-state index >= 15 is 0 Å². The lowest BCUT2D eigenvalue weighted by Gasteiger charge is -2.13. The van der Waals surface area contributed by atoms with E-state index in [0.717, 1.165) is 5.56 Å². The van der Waals surface area contributed by atoms with Gasteiger partial charge in [0.25, 0.3) is 11.6 Å². The van der Waals surface area contributed by atoms with E-state index in [2.05, 4.69) is 0 Å². The van der Waals surface area contributed by atoms with E-state index in [9.17, 15) is 14.9 Å². The molecule has 0 unspecified atom stereocenters. The fourth-order valence-electron chi connectivity index (χ4n) is 3.74. The Labute approximate surface area is 167 Å². The zero-order valence-corrected chi connectivity index (χ0v) is 16.0. The second kappa shape index (κ2) is 7.24. The molecule has 1 aliphatic heterocycles. The van der Waals surface area contributed by atoms with Gasteiger partial charge in [-0.05, 0) is 17.7 Å². The van der Waals surface area contributed by atoms with Gasteiger partial charge in [0.15, 0.2) is 0 Å². The molecule has 6 heteroatoms. The molecule has 144 valence electrons. The molecule has 0 bridgehead atoms. The third-order valence-corrected chi connectivity index (χ3v) is 5.02. The van der Waals surface area contributed by atoms with Crippen LogP contribution in [0.3, 0.4) is 0 Å². The van der Waals surface area contributed by atoms with Gasteiger partial charge in [0.1, 0.15) is 5.75 Å². The minimum atomic E-state index is -0.422. The SMILES string of the molecule is COc1cccc2c1N(C)C(=O)/C2=C(\c1ccccc1)c1ccccc1[N+](=O)[O-]. The van der Waals surface area contributed by atoms with E-state index in [1.54, 1.807) is 38.4 Å². The molecule has 1 heterocycles. The van der Waals surface area contributed by atoms with Gasteiger partial charge in [0, 0.05) is 24.3 Å². The highest BCUT2D eigenvalue weighted by atomic mass is 16.6. The van der Waals surface area contributed by atoms with E-state index in [1.807, 2.05) is 42.5 Å². The van der Waals surface area contributed by atoms with Crippen LogP contribution in [-0.2, 0) is 4.79 Å². The van der Waals surface area contributed by atoms with Crippen molar-refractivity contribution in [3.05, 3.63) is 99.6 Å². The van der Waals surface area contributed by atoms with E-state index in [-0.39, 0.29) is 11.6 Å². The summed E-state index contributed by atoms with van der Waals surface area (Å²) >= 11 is 0. The van der Waals surface area contributed by atoms with Crippen molar-refractivity contribution in [3.8, 4) is 5.75 Å². The normalized spacial score (nSPS) is 14.6. The molecule has 0 saturated heterocycles. The standard InChI is InChI=1S/C23H18N2O4/c1-24-22-17(12-8-14-19(22)29-2)21(23(24)26)20(15-9-4-3-5-10-15)16-11-6-7-13-18(16)25(27)28/h3-14H,1-2H3/b21-20+. The van der Waals surface area contributed by atoms with Crippen LogP contribution in [0.5, 0.6) is 5.75 Å². The number of amides is 1. The van der Waals surface area contributed by atoms with Crippen LogP contribution in [-0.4, -0.2) is 25.0 Å². The number of nitrogens with zero attached hydrogens (tertiary/aromatic N) is 2. The molecule has 0 radical (unpaired) electrons. The summed E-state index contributed by atoms with van der Waals surface area (Å²) in [6.07, 6.45) is 0. The van der Waals surface area contributed by atoms with Gasteiger partial charge in [-0.1, -0.05) is 54.6 Å². The number of hydrogen-bond donors (Lipinski definition) is 0. The van der Waals surface area contributed by atoms with Crippen LogP contribution in [0.1, 0.15) is 16.7 Å². The number of benzene rings is 3. The number of nitro groups is 1. The van der Waals surface area contributed by atoms with Crippen LogP contribution in [0, 0.1) is 10.1 Å². The van der Waals surface area contributed by atoms with E-state index in [0.29, 0.717) is 33.7 Å². The highest BCUT2D eigenvalue weighted by molar-refractivity contribution is 6.39. The van der Waals surface area contributed by atoms with Crippen molar-refractivity contribution in [2.24, 2.45) is 0 Å². The summed E-state index contributed by atoms with van der Waals surface area (Å²) in [4.78, 5) is 26.2. The molecule has 0 spiro atoms. The molecule has 0 N–H and O–H groups in total. The molecule has 0 fully saturated rings. The van der Waals surface area contributed by atoms with Crippen LogP contribution in [0.4, 0.5) is 11.4 Å². The van der Waals surface area contributed by atoms with Gasteiger partial charge in [0.05, 0.1) is 28.9 Å². The number of rotatable bonds is 4. The average Bonchev–Trinajstić information content (AvgIpc) is 3.00. The number of para-hydroxylation sites is 2. The van der Waals surface area contributed by atoms with Crippen LogP contribution in [0.15, 0.2) is 72.8 Å². The van der Waals surface area contributed by atoms with Gasteiger partial charge in [-0.2, -0.15) is 0 Å². The molecular formula is C23H18N2O4. The summed E-state index contributed by atoms with van der Waals surface area (Å²) in [7, 11) is 3.23. The molecule has 4 rings (SSSR count). The monoisotopic (exact) mass is 386 g/mol. The predicted molar refractivity (Wildman–Crippen MR) is 112 cm³/mol. The van der Waals surface area contributed by atoms with Crippen molar-refractivity contribution in [2.45, 2.75) is 0 Å². The summed E-state index contributed by atoms with van der Waals surface area (Å²) < 4.78 is 5.45. The Hall–Kier alpha value is -3.93. The second-order valence-corrected chi connectivity index (χ2v) is 6.61. The number of nitro benzene ring substituents is 1. The molecule has 0 saturated carbocycles. The molecule has 29 heavy (non-hydrogen) atoms. The van der Waals surface area contributed by atoms with Gasteiger partial charge in [-0.25, -0.2) is 0 Å². The summed E-state index contributed by atoms with van der Waals surface area (Å²) in [6, 6.07) is 21.2. The van der Waals surface area contributed by atoms with Gasteiger partial charge in [-0.15, -0.1) is 0 Å². The van der Waals surface area contributed by atoms with Gasteiger partial charge in [0.2, 0.25) is 0 Å². The molecule has 1 aliphatic rings. The smallest absolute Gasteiger partial charge is 0.277 e. The number of carbonyl (C=O) groups excluding carboxylic acids is 1. The third kappa shape index (κ3) is 2.95. The highest BCUT2D eigenvalue weighted by Gasteiger charge is 2.36. The maximum absolute atomic E-state index is 13.3. The summed E-state index contributed by atoms with van der Waals surface area (Å²) in [5, 5.41) is 11.7. The number of likely N-dealkylation sites (N-methyl/N-ethyl adjacent to an activating group) is 1. The second-order valence-electron chi connectivity index (χ2n) is 6.61. The van der Waals surface area contributed by atoms with Crippen molar-refractivity contribution in [1.82, 2.24) is 0 Å². The first kappa shape index (κ1) is 18.4. The minimum Gasteiger partial charge on any atom is -0.495 e. The zero-order valence-electron chi connectivity index (χ0n) is 16.0. The number of fused-ring (bicyclic) bond motifs is 1. The fraction of sp³-hybridized carbons (Fsp3) is 0.0870. The van der Waals surface area contributed by atoms with Crippen molar-refractivity contribution < 1.29 is 14.5 Å². The molecule has 3 aromatic carbocycles. The van der Waals surface area contributed by atoms with Crippen LogP contribution in [0.25, 0.3) is 11.1 Å². The molecule has 0 aliphatic carbocycles. The topological polar surface area (TPSA) is 72.7 Å². The first-order chi connectivity index (χ1) is 14.0. The van der Waals surface area contributed by atoms with Gasteiger partial charge < -0.3 is 9.64 Å². The Morgan fingerprint density at radius 3 is 2.34 bits per heavy atom.